The summed E-state index contributed by atoms with van der Waals surface area (Å²) in [5, 5.41) is 0. The van der Waals surface area contributed by atoms with Crippen molar-refractivity contribution in [3.8, 4) is 5.75 Å². The molecule has 0 saturated carbocycles. The van der Waals surface area contributed by atoms with Crippen LogP contribution in [0.25, 0.3) is 0 Å². The van der Waals surface area contributed by atoms with Crippen molar-refractivity contribution in [2.24, 2.45) is 0 Å². The van der Waals surface area contributed by atoms with Crippen LogP contribution in [0.1, 0.15) is 5.56 Å². The third kappa shape index (κ3) is 4.31. The van der Waals surface area contributed by atoms with E-state index in [9.17, 15) is 8.42 Å². The monoisotopic (exact) mass is 229 g/mol. The van der Waals surface area contributed by atoms with Crippen LogP contribution >= 0.6 is 0 Å². The lowest BCUT2D eigenvalue weighted by atomic mass is 10.2. The van der Waals surface area contributed by atoms with Crippen LogP contribution in [0.4, 0.5) is 0 Å². The van der Waals surface area contributed by atoms with Gasteiger partial charge in [-0.1, -0.05) is 12.1 Å². The van der Waals surface area contributed by atoms with Gasteiger partial charge in [0.2, 0.25) is 10.0 Å². The van der Waals surface area contributed by atoms with Gasteiger partial charge in [-0.3, -0.25) is 0 Å². The highest BCUT2D eigenvalue weighted by molar-refractivity contribution is 7.89. The summed E-state index contributed by atoms with van der Waals surface area (Å²) in [6, 6.07) is 7.50. The summed E-state index contributed by atoms with van der Waals surface area (Å²) in [5.41, 5.74) is 1.09. The SMILES string of the molecule is CNS(=O)(=O)CCOc1cccc(C)c1. The minimum atomic E-state index is -3.17. The molecule has 0 amide bonds. The fourth-order valence-corrected chi connectivity index (χ4v) is 1.58. The predicted molar refractivity (Wildman–Crippen MR) is 59.5 cm³/mol. The molecule has 1 rings (SSSR count). The van der Waals surface area contributed by atoms with Gasteiger partial charge < -0.3 is 4.74 Å². The minimum Gasteiger partial charge on any atom is -0.492 e. The maximum atomic E-state index is 11.1. The average Bonchev–Trinajstić information content (AvgIpc) is 2.18. The Balaban J connectivity index is 2.45. The van der Waals surface area contributed by atoms with Gasteiger partial charge in [-0.05, 0) is 31.7 Å². The van der Waals surface area contributed by atoms with E-state index in [0.717, 1.165) is 5.56 Å². The first-order chi connectivity index (χ1) is 7.03. The van der Waals surface area contributed by atoms with E-state index in [-0.39, 0.29) is 12.4 Å². The van der Waals surface area contributed by atoms with Crippen molar-refractivity contribution in [1.82, 2.24) is 4.72 Å². The van der Waals surface area contributed by atoms with Gasteiger partial charge in [-0.2, -0.15) is 0 Å². The highest BCUT2D eigenvalue weighted by Gasteiger charge is 2.06. The van der Waals surface area contributed by atoms with Crippen LogP contribution in [-0.2, 0) is 10.0 Å². The van der Waals surface area contributed by atoms with Crippen molar-refractivity contribution < 1.29 is 13.2 Å². The molecule has 1 aromatic carbocycles. The Morgan fingerprint density at radius 1 is 1.40 bits per heavy atom. The molecule has 1 N–H and O–H groups in total. The van der Waals surface area contributed by atoms with Crippen molar-refractivity contribution in [3.05, 3.63) is 29.8 Å². The second-order valence-corrected chi connectivity index (χ2v) is 5.23. The Bertz CT molecular complexity index is 414. The van der Waals surface area contributed by atoms with Gasteiger partial charge in [0, 0.05) is 0 Å². The number of rotatable bonds is 5. The van der Waals surface area contributed by atoms with E-state index in [1.165, 1.54) is 7.05 Å². The molecule has 5 heteroatoms. The van der Waals surface area contributed by atoms with Gasteiger partial charge in [0.15, 0.2) is 0 Å². The largest absolute Gasteiger partial charge is 0.492 e. The van der Waals surface area contributed by atoms with Gasteiger partial charge in [0.25, 0.3) is 0 Å². The smallest absolute Gasteiger partial charge is 0.214 e. The van der Waals surface area contributed by atoms with E-state index < -0.39 is 10.0 Å². The minimum absolute atomic E-state index is 0.0303. The van der Waals surface area contributed by atoms with Crippen molar-refractivity contribution in [3.63, 3.8) is 0 Å². The predicted octanol–water partition coefficient (Wildman–Crippen LogP) is 0.923. The van der Waals surface area contributed by atoms with Crippen molar-refractivity contribution in [1.29, 1.82) is 0 Å². The molecule has 0 aliphatic rings. The van der Waals surface area contributed by atoms with Crippen molar-refractivity contribution in [2.45, 2.75) is 6.92 Å². The number of aryl methyl sites for hydroxylation is 1. The quantitative estimate of drug-likeness (QED) is 0.817. The molecule has 0 spiro atoms. The molecule has 0 unspecified atom stereocenters. The topological polar surface area (TPSA) is 55.4 Å². The van der Waals surface area contributed by atoms with E-state index in [1.54, 1.807) is 6.07 Å². The number of benzene rings is 1. The van der Waals surface area contributed by atoms with E-state index in [0.29, 0.717) is 5.75 Å². The second-order valence-electron chi connectivity index (χ2n) is 3.19. The van der Waals surface area contributed by atoms with Gasteiger partial charge in [0.1, 0.15) is 12.4 Å². The normalized spacial score (nSPS) is 11.3. The molecule has 0 fully saturated rings. The lowest BCUT2D eigenvalue weighted by molar-refractivity contribution is 0.340. The van der Waals surface area contributed by atoms with Crippen LogP contribution in [0.15, 0.2) is 24.3 Å². The highest BCUT2D eigenvalue weighted by atomic mass is 32.2. The van der Waals surface area contributed by atoms with Crippen molar-refractivity contribution in [2.75, 3.05) is 19.4 Å². The molecule has 0 radical (unpaired) electrons. The zero-order valence-corrected chi connectivity index (χ0v) is 9.67. The molecule has 0 bridgehead atoms. The molecule has 15 heavy (non-hydrogen) atoms. The number of nitrogens with one attached hydrogen (secondary N) is 1. The van der Waals surface area contributed by atoms with E-state index in [2.05, 4.69) is 4.72 Å². The third-order valence-electron chi connectivity index (χ3n) is 1.92. The molecular formula is C10H15NO3S. The lowest BCUT2D eigenvalue weighted by Crippen LogP contribution is -2.25. The summed E-state index contributed by atoms with van der Waals surface area (Å²) in [4.78, 5) is 0. The Morgan fingerprint density at radius 2 is 2.13 bits per heavy atom. The Kier molecular flexibility index (Phi) is 4.11. The average molecular weight is 229 g/mol. The first-order valence-electron chi connectivity index (χ1n) is 4.64. The fourth-order valence-electron chi connectivity index (χ4n) is 1.08. The van der Waals surface area contributed by atoms with Gasteiger partial charge in [-0.25, -0.2) is 13.1 Å². The maximum Gasteiger partial charge on any atom is 0.214 e. The van der Waals surface area contributed by atoms with Crippen LogP contribution < -0.4 is 9.46 Å². The van der Waals surface area contributed by atoms with E-state index in [4.69, 9.17) is 4.74 Å². The van der Waals surface area contributed by atoms with Gasteiger partial charge >= 0.3 is 0 Å². The summed E-state index contributed by atoms with van der Waals surface area (Å²) in [6.07, 6.45) is 0. The van der Waals surface area contributed by atoms with Crippen LogP contribution in [-0.4, -0.2) is 27.8 Å². The van der Waals surface area contributed by atoms with E-state index >= 15 is 0 Å². The summed E-state index contributed by atoms with van der Waals surface area (Å²) in [5.74, 6) is 0.665. The second kappa shape index (κ2) is 5.14. The molecule has 84 valence electrons. The Labute approximate surface area is 90.3 Å². The molecule has 4 nitrogen and oxygen atoms in total. The molecular weight excluding hydrogens is 214 g/mol. The number of ether oxygens (including phenoxy) is 1. The van der Waals surface area contributed by atoms with Crippen LogP contribution in [0, 0.1) is 6.92 Å². The first kappa shape index (κ1) is 12.0. The van der Waals surface area contributed by atoms with Gasteiger partial charge in [0.05, 0.1) is 5.75 Å². The Hall–Kier alpha value is -1.07. The standard InChI is InChI=1S/C10H15NO3S/c1-9-4-3-5-10(8-9)14-6-7-15(12,13)11-2/h3-5,8,11H,6-7H2,1-2H3. The molecule has 0 heterocycles. The number of sulfonamides is 1. The van der Waals surface area contributed by atoms with Gasteiger partial charge in [-0.15, -0.1) is 0 Å². The molecule has 0 saturated heterocycles. The molecule has 0 atom stereocenters. The highest BCUT2D eigenvalue weighted by Crippen LogP contribution is 2.11. The molecule has 1 aromatic rings. The van der Waals surface area contributed by atoms with Crippen LogP contribution in [0.2, 0.25) is 0 Å². The number of hydrogen-bond donors (Lipinski definition) is 1. The first-order valence-corrected chi connectivity index (χ1v) is 6.29. The number of hydrogen-bond acceptors (Lipinski definition) is 3. The molecule has 0 aromatic heterocycles. The van der Waals surface area contributed by atoms with Crippen molar-refractivity contribution >= 4 is 10.0 Å². The lowest BCUT2D eigenvalue weighted by Gasteiger charge is -2.06. The zero-order chi connectivity index (χ0) is 11.3. The molecule has 0 aliphatic carbocycles. The fraction of sp³-hybridized carbons (Fsp3) is 0.400. The summed E-state index contributed by atoms with van der Waals surface area (Å²) >= 11 is 0. The third-order valence-corrected chi connectivity index (χ3v) is 3.25. The Morgan fingerprint density at radius 3 is 2.73 bits per heavy atom. The summed E-state index contributed by atoms with van der Waals surface area (Å²) in [6.45, 7) is 2.11. The van der Waals surface area contributed by atoms with E-state index in [1.807, 2.05) is 25.1 Å². The maximum absolute atomic E-state index is 11.1. The summed E-state index contributed by atoms with van der Waals surface area (Å²) < 4.78 is 29.7. The van der Waals surface area contributed by atoms with Crippen LogP contribution in [0.5, 0.6) is 5.75 Å². The zero-order valence-electron chi connectivity index (χ0n) is 8.86. The van der Waals surface area contributed by atoms with Crippen LogP contribution in [0.3, 0.4) is 0 Å². The molecule has 0 aliphatic heterocycles. The summed E-state index contributed by atoms with van der Waals surface area (Å²) in [7, 11) is -1.78.